The Kier molecular flexibility index (Phi) is 4.37. The summed E-state index contributed by atoms with van der Waals surface area (Å²) in [5, 5.41) is 0. The molecule has 0 radical (unpaired) electrons. The van der Waals surface area contributed by atoms with E-state index in [2.05, 4.69) is 4.72 Å². The SMILES string of the molecule is COCCCNS(=O)(=O)c1ccc2c(c1)CCC2. The molecule has 0 bridgehead atoms. The van der Waals surface area contributed by atoms with Crippen LogP contribution < -0.4 is 4.72 Å². The van der Waals surface area contributed by atoms with Crippen LogP contribution in [0.3, 0.4) is 0 Å². The standard InChI is InChI=1S/C13H19NO3S/c1-17-9-3-8-14-18(15,16)13-7-6-11-4-2-5-12(11)10-13/h6-7,10,14H,2-5,8-9H2,1H3. The number of hydrogen-bond donors (Lipinski definition) is 1. The number of methoxy groups -OCH3 is 1. The summed E-state index contributed by atoms with van der Waals surface area (Å²) in [6, 6.07) is 5.44. The molecule has 0 fully saturated rings. The molecule has 0 spiro atoms. The molecule has 0 atom stereocenters. The van der Waals surface area contributed by atoms with Gasteiger partial charge in [0.2, 0.25) is 10.0 Å². The molecule has 4 nitrogen and oxygen atoms in total. The van der Waals surface area contributed by atoms with E-state index in [1.807, 2.05) is 6.07 Å². The Labute approximate surface area is 108 Å². The molecular formula is C13H19NO3S. The fraction of sp³-hybridized carbons (Fsp3) is 0.538. The summed E-state index contributed by atoms with van der Waals surface area (Å²) in [6.45, 7) is 0.972. The van der Waals surface area contributed by atoms with Crippen LogP contribution >= 0.6 is 0 Å². The molecule has 1 aromatic rings. The van der Waals surface area contributed by atoms with E-state index in [-0.39, 0.29) is 0 Å². The number of hydrogen-bond acceptors (Lipinski definition) is 3. The van der Waals surface area contributed by atoms with Crippen LogP contribution in [0.4, 0.5) is 0 Å². The van der Waals surface area contributed by atoms with Gasteiger partial charge in [-0.3, -0.25) is 0 Å². The van der Waals surface area contributed by atoms with Gasteiger partial charge in [0, 0.05) is 20.3 Å². The summed E-state index contributed by atoms with van der Waals surface area (Å²) < 4.78 is 31.6. The molecule has 5 heteroatoms. The average Bonchev–Trinajstić information content (AvgIpc) is 2.82. The highest BCUT2D eigenvalue weighted by Crippen LogP contribution is 2.24. The molecule has 2 rings (SSSR count). The summed E-state index contributed by atoms with van der Waals surface area (Å²) in [5.41, 5.74) is 2.46. The second-order valence-electron chi connectivity index (χ2n) is 4.53. The maximum atomic E-state index is 12.0. The van der Waals surface area contributed by atoms with Crippen LogP contribution in [-0.2, 0) is 27.6 Å². The number of ether oxygens (including phenoxy) is 1. The lowest BCUT2D eigenvalue weighted by atomic mass is 10.1. The van der Waals surface area contributed by atoms with Crippen molar-refractivity contribution < 1.29 is 13.2 Å². The van der Waals surface area contributed by atoms with Crippen LogP contribution in [0, 0.1) is 0 Å². The first-order valence-corrected chi connectivity index (χ1v) is 7.72. The second kappa shape index (κ2) is 5.82. The van der Waals surface area contributed by atoms with E-state index < -0.39 is 10.0 Å². The maximum Gasteiger partial charge on any atom is 0.240 e. The molecule has 0 aromatic heterocycles. The van der Waals surface area contributed by atoms with Crippen molar-refractivity contribution in [1.82, 2.24) is 4.72 Å². The first-order valence-electron chi connectivity index (χ1n) is 6.24. The topological polar surface area (TPSA) is 55.4 Å². The van der Waals surface area contributed by atoms with E-state index in [1.54, 1.807) is 19.2 Å². The van der Waals surface area contributed by atoms with Crippen LogP contribution in [0.15, 0.2) is 23.1 Å². The smallest absolute Gasteiger partial charge is 0.240 e. The highest BCUT2D eigenvalue weighted by molar-refractivity contribution is 7.89. The van der Waals surface area contributed by atoms with Crippen molar-refractivity contribution in [2.24, 2.45) is 0 Å². The Morgan fingerprint density at radius 1 is 1.28 bits per heavy atom. The van der Waals surface area contributed by atoms with E-state index in [9.17, 15) is 8.42 Å². The van der Waals surface area contributed by atoms with E-state index in [0.717, 1.165) is 19.3 Å². The Hall–Kier alpha value is -0.910. The number of benzene rings is 1. The minimum atomic E-state index is -3.37. The Bertz CT molecular complexity index is 511. The zero-order valence-electron chi connectivity index (χ0n) is 10.6. The molecule has 0 aliphatic heterocycles. The van der Waals surface area contributed by atoms with Gasteiger partial charge in [-0.15, -0.1) is 0 Å². The van der Waals surface area contributed by atoms with E-state index in [0.29, 0.717) is 24.5 Å². The van der Waals surface area contributed by atoms with Gasteiger partial charge < -0.3 is 4.74 Å². The van der Waals surface area contributed by atoms with E-state index >= 15 is 0 Å². The Balaban J connectivity index is 2.05. The molecule has 0 heterocycles. The quantitative estimate of drug-likeness (QED) is 0.796. The third-order valence-electron chi connectivity index (χ3n) is 3.20. The number of sulfonamides is 1. The minimum absolute atomic E-state index is 0.376. The zero-order chi connectivity index (χ0) is 13.0. The number of rotatable bonds is 6. The molecule has 1 N–H and O–H groups in total. The van der Waals surface area contributed by atoms with Crippen molar-refractivity contribution in [3.8, 4) is 0 Å². The Morgan fingerprint density at radius 2 is 2.06 bits per heavy atom. The van der Waals surface area contributed by atoms with Crippen LogP contribution in [-0.4, -0.2) is 28.7 Å². The van der Waals surface area contributed by atoms with E-state index in [4.69, 9.17) is 4.74 Å². The van der Waals surface area contributed by atoms with Crippen molar-refractivity contribution in [3.05, 3.63) is 29.3 Å². The lowest BCUT2D eigenvalue weighted by Gasteiger charge is -2.08. The molecule has 18 heavy (non-hydrogen) atoms. The average molecular weight is 269 g/mol. The lowest BCUT2D eigenvalue weighted by Crippen LogP contribution is -2.25. The largest absolute Gasteiger partial charge is 0.385 e. The molecule has 1 aliphatic carbocycles. The van der Waals surface area contributed by atoms with Gasteiger partial charge in [0.1, 0.15) is 0 Å². The second-order valence-corrected chi connectivity index (χ2v) is 6.30. The summed E-state index contributed by atoms with van der Waals surface area (Å²) in [6.07, 6.45) is 3.86. The fourth-order valence-electron chi connectivity index (χ4n) is 2.22. The van der Waals surface area contributed by atoms with Crippen LogP contribution in [0.2, 0.25) is 0 Å². The van der Waals surface area contributed by atoms with E-state index in [1.165, 1.54) is 11.1 Å². The van der Waals surface area contributed by atoms with Gasteiger partial charge in [0.15, 0.2) is 0 Å². The molecular weight excluding hydrogens is 250 g/mol. The van der Waals surface area contributed by atoms with Gasteiger partial charge in [-0.2, -0.15) is 0 Å². The van der Waals surface area contributed by atoms with Crippen molar-refractivity contribution in [1.29, 1.82) is 0 Å². The van der Waals surface area contributed by atoms with Gasteiger partial charge in [0.25, 0.3) is 0 Å². The maximum absolute atomic E-state index is 12.0. The number of fused-ring (bicyclic) bond motifs is 1. The molecule has 1 aliphatic rings. The molecule has 0 amide bonds. The first kappa shape index (κ1) is 13.5. The third-order valence-corrected chi connectivity index (χ3v) is 4.66. The third kappa shape index (κ3) is 3.10. The van der Waals surface area contributed by atoms with Crippen molar-refractivity contribution in [2.75, 3.05) is 20.3 Å². The van der Waals surface area contributed by atoms with Crippen LogP contribution in [0.5, 0.6) is 0 Å². The van der Waals surface area contributed by atoms with Gasteiger partial charge in [-0.1, -0.05) is 6.07 Å². The predicted molar refractivity (Wildman–Crippen MR) is 70.1 cm³/mol. The highest BCUT2D eigenvalue weighted by Gasteiger charge is 2.17. The normalized spacial score (nSPS) is 14.7. The Morgan fingerprint density at radius 3 is 2.83 bits per heavy atom. The summed E-state index contributed by atoms with van der Waals surface area (Å²) in [7, 11) is -1.76. The molecule has 0 saturated heterocycles. The summed E-state index contributed by atoms with van der Waals surface area (Å²) in [4.78, 5) is 0.376. The van der Waals surface area contributed by atoms with Crippen molar-refractivity contribution in [2.45, 2.75) is 30.6 Å². The number of nitrogens with one attached hydrogen (secondary N) is 1. The van der Waals surface area contributed by atoms with Crippen molar-refractivity contribution >= 4 is 10.0 Å². The van der Waals surface area contributed by atoms with Crippen LogP contribution in [0.25, 0.3) is 0 Å². The zero-order valence-corrected chi connectivity index (χ0v) is 11.4. The highest BCUT2D eigenvalue weighted by atomic mass is 32.2. The first-order chi connectivity index (χ1) is 8.63. The van der Waals surface area contributed by atoms with Gasteiger partial charge in [0.05, 0.1) is 4.90 Å². The monoisotopic (exact) mass is 269 g/mol. The molecule has 0 saturated carbocycles. The van der Waals surface area contributed by atoms with Gasteiger partial charge in [-0.05, 0) is 48.9 Å². The van der Waals surface area contributed by atoms with Gasteiger partial charge >= 0.3 is 0 Å². The molecule has 1 aromatic carbocycles. The molecule has 100 valence electrons. The fourth-order valence-corrected chi connectivity index (χ4v) is 3.35. The molecule has 0 unspecified atom stereocenters. The minimum Gasteiger partial charge on any atom is -0.385 e. The lowest BCUT2D eigenvalue weighted by molar-refractivity contribution is 0.196. The number of aryl methyl sites for hydroxylation is 2. The summed E-state index contributed by atoms with van der Waals surface area (Å²) >= 11 is 0. The predicted octanol–water partition coefficient (Wildman–Crippen LogP) is 1.49. The van der Waals surface area contributed by atoms with Crippen molar-refractivity contribution in [3.63, 3.8) is 0 Å². The van der Waals surface area contributed by atoms with Gasteiger partial charge in [-0.25, -0.2) is 13.1 Å². The summed E-state index contributed by atoms with van der Waals surface area (Å²) in [5.74, 6) is 0. The van der Waals surface area contributed by atoms with Crippen LogP contribution in [0.1, 0.15) is 24.0 Å².